The Morgan fingerprint density at radius 3 is 2.75 bits per heavy atom. The van der Waals surface area contributed by atoms with Gasteiger partial charge in [0.25, 0.3) is 0 Å². The Kier molecular flexibility index (Phi) is 5.60. The van der Waals surface area contributed by atoms with Gasteiger partial charge < -0.3 is 23.9 Å². The number of aromatic nitrogens is 2. The molecule has 3 aromatic rings. The van der Waals surface area contributed by atoms with Gasteiger partial charge in [-0.15, -0.1) is 0 Å². The standard InChI is InChI=1S/C22H24N2O4/c1-2-27-20-12-17(8-9-19(20)25)22-21(16-6-4-3-5-7-16)23-15-24(22)13-18-14-26-10-11-28-18/h3-9,12,15,18,25H,2,10-11,13-14H2,1H3. The van der Waals surface area contributed by atoms with Gasteiger partial charge in [-0.3, -0.25) is 0 Å². The molecule has 2 heterocycles. The van der Waals surface area contributed by atoms with Crippen molar-refractivity contribution in [2.45, 2.75) is 19.6 Å². The first-order valence-electron chi connectivity index (χ1n) is 9.52. The third-order valence-electron chi connectivity index (χ3n) is 4.70. The summed E-state index contributed by atoms with van der Waals surface area (Å²) in [5.41, 5.74) is 3.80. The number of benzene rings is 2. The van der Waals surface area contributed by atoms with Crippen LogP contribution in [0.1, 0.15) is 6.92 Å². The maximum absolute atomic E-state index is 10.1. The zero-order valence-corrected chi connectivity index (χ0v) is 15.9. The fraction of sp³-hybridized carbons (Fsp3) is 0.318. The van der Waals surface area contributed by atoms with Crippen LogP contribution in [0.4, 0.5) is 0 Å². The number of hydrogen-bond donors (Lipinski definition) is 1. The van der Waals surface area contributed by atoms with Gasteiger partial charge in [0.15, 0.2) is 11.5 Å². The fourth-order valence-electron chi connectivity index (χ4n) is 3.42. The van der Waals surface area contributed by atoms with E-state index in [1.165, 1.54) is 0 Å². The predicted molar refractivity (Wildman–Crippen MR) is 106 cm³/mol. The van der Waals surface area contributed by atoms with Crippen LogP contribution in [0.5, 0.6) is 11.5 Å². The molecule has 1 fully saturated rings. The molecule has 1 aromatic heterocycles. The molecule has 0 spiro atoms. The molecule has 6 nitrogen and oxygen atoms in total. The van der Waals surface area contributed by atoms with Gasteiger partial charge in [0.2, 0.25) is 0 Å². The van der Waals surface area contributed by atoms with Crippen molar-refractivity contribution in [1.82, 2.24) is 9.55 Å². The fourth-order valence-corrected chi connectivity index (χ4v) is 3.42. The van der Waals surface area contributed by atoms with Gasteiger partial charge in [0, 0.05) is 11.1 Å². The van der Waals surface area contributed by atoms with E-state index in [9.17, 15) is 5.11 Å². The zero-order valence-electron chi connectivity index (χ0n) is 15.9. The quantitative estimate of drug-likeness (QED) is 0.706. The van der Waals surface area contributed by atoms with Crippen molar-refractivity contribution in [3.8, 4) is 34.0 Å². The summed E-state index contributed by atoms with van der Waals surface area (Å²) in [6.07, 6.45) is 1.82. The molecular formula is C22H24N2O4. The zero-order chi connectivity index (χ0) is 19.3. The summed E-state index contributed by atoms with van der Waals surface area (Å²) in [6.45, 7) is 4.82. The van der Waals surface area contributed by atoms with E-state index in [1.54, 1.807) is 6.07 Å². The number of nitrogens with zero attached hydrogens (tertiary/aromatic N) is 2. The minimum Gasteiger partial charge on any atom is -0.504 e. The highest BCUT2D eigenvalue weighted by atomic mass is 16.6. The van der Waals surface area contributed by atoms with E-state index >= 15 is 0 Å². The summed E-state index contributed by atoms with van der Waals surface area (Å²) in [6, 6.07) is 15.5. The van der Waals surface area contributed by atoms with Crippen LogP contribution in [0.3, 0.4) is 0 Å². The van der Waals surface area contributed by atoms with Crippen LogP contribution < -0.4 is 4.74 Å². The Labute approximate surface area is 164 Å². The van der Waals surface area contributed by atoms with Crippen LogP contribution in [0, 0.1) is 0 Å². The van der Waals surface area contributed by atoms with Crippen LogP contribution in [0.25, 0.3) is 22.5 Å². The Bertz CT molecular complexity index is 918. The van der Waals surface area contributed by atoms with E-state index in [0.29, 0.717) is 38.7 Å². The third kappa shape index (κ3) is 3.88. The normalized spacial score (nSPS) is 16.8. The smallest absolute Gasteiger partial charge is 0.161 e. The lowest BCUT2D eigenvalue weighted by Crippen LogP contribution is -2.32. The molecule has 146 valence electrons. The minimum atomic E-state index is -0.0196. The van der Waals surface area contributed by atoms with Gasteiger partial charge in [-0.1, -0.05) is 30.3 Å². The molecule has 28 heavy (non-hydrogen) atoms. The lowest BCUT2D eigenvalue weighted by molar-refractivity contribution is -0.0934. The van der Waals surface area contributed by atoms with Crippen molar-refractivity contribution in [3.63, 3.8) is 0 Å². The van der Waals surface area contributed by atoms with Gasteiger partial charge in [-0.2, -0.15) is 0 Å². The van der Waals surface area contributed by atoms with Crippen LogP contribution in [-0.2, 0) is 16.0 Å². The summed E-state index contributed by atoms with van der Waals surface area (Å²) in [5, 5.41) is 10.1. The minimum absolute atomic E-state index is 0.0196. The van der Waals surface area contributed by atoms with Crippen molar-refractivity contribution in [1.29, 1.82) is 0 Å². The molecule has 1 aliphatic rings. The number of ether oxygens (including phenoxy) is 3. The molecule has 6 heteroatoms. The average molecular weight is 380 g/mol. The van der Waals surface area contributed by atoms with Crippen molar-refractivity contribution in [2.24, 2.45) is 0 Å². The summed E-state index contributed by atoms with van der Waals surface area (Å²) in [5.74, 6) is 0.589. The third-order valence-corrected chi connectivity index (χ3v) is 4.70. The highest BCUT2D eigenvalue weighted by Gasteiger charge is 2.21. The maximum atomic E-state index is 10.1. The molecule has 2 aromatic carbocycles. The topological polar surface area (TPSA) is 65.7 Å². The molecule has 1 unspecified atom stereocenters. The maximum Gasteiger partial charge on any atom is 0.161 e. The number of rotatable bonds is 6. The summed E-state index contributed by atoms with van der Waals surface area (Å²) >= 11 is 0. The summed E-state index contributed by atoms with van der Waals surface area (Å²) < 4.78 is 19.1. The monoisotopic (exact) mass is 380 g/mol. The van der Waals surface area contributed by atoms with Crippen LogP contribution in [0.2, 0.25) is 0 Å². The average Bonchev–Trinajstić information content (AvgIpc) is 3.15. The van der Waals surface area contributed by atoms with Gasteiger partial charge in [-0.05, 0) is 25.1 Å². The molecule has 0 saturated carbocycles. The lowest BCUT2D eigenvalue weighted by Gasteiger charge is -2.24. The van der Waals surface area contributed by atoms with E-state index in [0.717, 1.165) is 22.5 Å². The molecule has 1 aliphatic heterocycles. The Morgan fingerprint density at radius 2 is 2.00 bits per heavy atom. The highest BCUT2D eigenvalue weighted by Crippen LogP contribution is 2.36. The second kappa shape index (κ2) is 8.46. The van der Waals surface area contributed by atoms with E-state index in [2.05, 4.69) is 9.55 Å². The highest BCUT2D eigenvalue weighted by molar-refractivity contribution is 5.79. The molecule has 1 atom stereocenters. The van der Waals surface area contributed by atoms with E-state index < -0.39 is 0 Å². The molecule has 0 radical (unpaired) electrons. The van der Waals surface area contributed by atoms with Crippen LogP contribution in [-0.4, -0.2) is 47.2 Å². The van der Waals surface area contributed by atoms with Crippen molar-refractivity contribution in [2.75, 3.05) is 26.4 Å². The first kappa shape index (κ1) is 18.5. The predicted octanol–water partition coefficient (Wildman–Crippen LogP) is 3.74. The number of hydrogen-bond acceptors (Lipinski definition) is 5. The van der Waals surface area contributed by atoms with Gasteiger partial charge in [-0.25, -0.2) is 4.98 Å². The van der Waals surface area contributed by atoms with Gasteiger partial charge >= 0.3 is 0 Å². The molecule has 4 rings (SSSR count). The number of imidazole rings is 1. The Hall–Kier alpha value is -2.83. The number of phenols is 1. The molecule has 0 amide bonds. The summed E-state index contributed by atoms with van der Waals surface area (Å²) in [7, 11) is 0. The Balaban J connectivity index is 1.78. The lowest BCUT2D eigenvalue weighted by atomic mass is 10.0. The molecule has 0 bridgehead atoms. The SMILES string of the molecule is CCOc1cc(-c2c(-c3ccccc3)ncn2CC2COCCO2)ccc1O. The number of phenolic OH excluding ortho intramolecular Hbond substituents is 1. The largest absolute Gasteiger partial charge is 0.504 e. The Morgan fingerprint density at radius 1 is 1.14 bits per heavy atom. The second-order valence-electron chi connectivity index (χ2n) is 6.64. The number of aromatic hydroxyl groups is 1. The first-order valence-corrected chi connectivity index (χ1v) is 9.52. The van der Waals surface area contributed by atoms with E-state index in [1.807, 2.05) is 55.7 Å². The van der Waals surface area contributed by atoms with Crippen LogP contribution >= 0.6 is 0 Å². The summed E-state index contributed by atoms with van der Waals surface area (Å²) in [4.78, 5) is 4.69. The molecule has 0 aliphatic carbocycles. The van der Waals surface area contributed by atoms with Gasteiger partial charge in [0.1, 0.15) is 0 Å². The molecule has 1 N–H and O–H groups in total. The van der Waals surface area contributed by atoms with Crippen LogP contribution in [0.15, 0.2) is 54.9 Å². The molecule has 1 saturated heterocycles. The first-order chi connectivity index (χ1) is 13.8. The second-order valence-corrected chi connectivity index (χ2v) is 6.64. The van der Waals surface area contributed by atoms with Gasteiger partial charge in [0.05, 0.1) is 56.8 Å². The van der Waals surface area contributed by atoms with E-state index in [-0.39, 0.29) is 11.9 Å². The van der Waals surface area contributed by atoms with Crippen molar-refractivity contribution in [3.05, 3.63) is 54.9 Å². The molecular weight excluding hydrogens is 356 g/mol. The van der Waals surface area contributed by atoms with E-state index in [4.69, 9.17) is 14.2 Å². The van der Waals surface area contributed by atoms with Crippen molar-refractivity contribution < 1.29 is 19.3 Å². The van der Waals surface area contributed by atoms with Crippen molar-refractivity contribution >= 4 is 0 Å².